The molecule has 0 fully saturated rings. The van der Waals surface area contributed by atoms with Crippen LogP contribution >= 0.6 is 0 Å². The third-order valence-electron chi connectivity index (χ3n) is 3.86. The third-order valence-corrected chi connectivity index (χ3v) is 3.86. The molecule has 0 aliphatic heterocycles. The second-order valence-electron chi connectivity index (χ2n) is 6.47. The molecule has 1 aromatic rings. The molecule has 3 nitrogen and oxygen atoms in total. The van der Waals surface area contributed by atoms with Gasteiger partial charge in [0.25, 0.3) is 0 Å². The van der Waals surface area contributed by atoms with Crippen LogP contribution in [-0.4, -0.2) is 7.11 Å². The van der Waals surface area contributed by atoms with Crippen LogP contribution in [0.1, 0.15) is 32.3 Å². The van der Waals surface area contributed by atoms with Gasteiger partial charge in [0.15, 0.2) is 0 Å². The van der Waals surface area contributed by atoms with E-state index in [4.69, 9.17) is 15.3 Å². The van der Waals surface area contributed by atoms with Gasteiger partial charge in [-0.1, -0.05) is 44.2 Å². The molecule has 0 aromatic heterocycles. The third kappa shape index (κ3) is 4.34. The van der Waals surface area contributed by atoms with E-state index in [2.05, 4.69) is 19.9 Å². The Morgan fingerprint density at radius 2 is 1.74 bits per heavy atom. The largest absolute Gasteiger partial charge is 0.497 e. The number of methoxy groups -OCH3 is 1. The van der Waals surface area contributed by atoms with Gasteiger partial charge in [0.2, 0.25) is 0 Å². The Morgan fingerprint density at radius 3 is 2.30 bits per heavy atom. The van der Waals surface area contributed by atoms with E-state index >= 15 is 0 Å². The van der Waals surface area contributed by atoms with Gasteiger partial charge in [0.05, 0.1) is 7.11 Å². The van der Waals surface area contributed by atoms with E-state index in [1.54, 1.807) is 7.11 Å². The zero-order chi connectivity index (χ0) is 16.9. The van der Waals surface area contributed by atoms with Crippen molar-refractivity contribution < 1.29 is 4.74 Å². The first-order valence-electron chi connectivity index (χ1n) is 7.53. The Labute approximate surface area is 137 Å². The number of hydrogen-bond donors (Lipinski definition) is 0. The Bertz CT molecular complexity index is 734. The highest BCUT2D eigenvalue weighted by molar-refractivity contribution is 5.56. The molecule has 0 amide bonds. The lowest BCUT2D eigenvalue weighted by Crippen LogP contribution is -2.17. The first kappa shape index (κ1) is 16.6. The Balaban J connectivity index is 2.30. The Kier molecular flexibility index (Phi) is 5.04. The molecular formula is C20H20N2O. The summed E-state index contributed by atoms with van der Waals surface area (Å²) in [5.74, 6) is 0.832. The molecule has 0 N–H and O–H groups in total. The molecule has 0 atom stereocenters. The normalized spacial score (nSPS) is 16.4. The van der Waals surface area contributed by atoms with Crippen molar-refractivity contribution >= 4 is 6.08 Å². The van der Waals surface area contributed by atoms with Crippen LogP contribution in [0.15, 0.2) is 53.1 Å². The van der Waals surface area contributed by atoms with Crippen molar-refractivity contribution in [2.24, 2.45) is 5.41 Å². The predicted octanol–water partition coefficient (Wildman–Crippen LogP) is 4.80. The molecule has 0 spiro atoms. The van der Waals surface area contributed by atoms with Crippen molar-refractivity contribution in [1.82, 2.24) is 0 Å². The van der Waals surface area contributed by atoms with Gasteiger partial charge in [-0.3, -0.25) is 0 Å². The molecule has 0 heterocycles. The summed E-state index contributed by atoms with van der Waals surface area (Å²) in [6.07, 6.45) is 7.77. The Morgan fingerprint density at radius 1 is 1.09 bits per heavy atom. The van der Waals surface area contributed by atoms with Gasteiger partial charge >= 0.3 is 0 Å². The minimum atomic E-state index is 0.0443. The van der Waals surface area contributed by atoms with Crippen LogP contribution in [0, 0.1) is 28.1 Å². The second kappa shape index (κ2) is 6.99. The summed E-state index contributed by atoms with van der Waals surface area (Å²) in [6.45, 7) is 4.32. The SMILES string of the molecule is COc1ccc(/C=C/C2=CC(=C(C#N)C#N)CC(C)(C)C2)cc1. The highest BCUT2D eigenvalue weighted by Crippen LogP contribution is 2.39. The van der Waals surface area contributed by atoms with Crippen molar-refractivity contribution in [3.05, 3.63) is 58.7 Å². The fourth-order valence-corrected chi connectivity index (χ4v) is 2.81. The van der Waals surface area contributed by atoms with E-state index in [0.29, 0.717) is 0 Å². The number of ether oxygens (including phenoxy) is 1. The van der Waals surface area contributed by atoms with Gasteiger partial charge in [0, 0.05) is 0 Å². The average Bonchev–Trinajstić information content (AvgIpc) is 2.53. The summed E-state index contributed by atoms with van der Waals surface area (Å²) in [5, 5.41) is 18.2. The van der Waals surface area contributed by atoms with E-state index in [9.17, 15) is 0 Å². The zero-order valence-corrected chi connectivity index (χ0v) is 13.8. The number of allylic oxidation sites excluding steroid dienone is 5. The zero-order valence-electron chi connectivity index (χ0n) is 13.8. The van der Waals surface area contributed by atoms with Crippen molar-refractivity contribution in [3.63, 3.8) is 0 Å². The number of nitriles is 2. The van der Waals surface area contributed by atoms with Crippen LogP contribution in [0.2, 0.25) is 0 Å². The molecule has 0 unspecified atom stereocenters. The molecule has 3 heteroatoms. The number of rotatable bonds is 3. The van der Waals surface area contributed by atoms with Crippen LogP contribution < -0.4 is 4.74 Å². The van der Waals surface area contributed by atoms with Crippen LogP contribution in [-0.2, 0) is 0 Å². The van der Waals surface area contributed by atoms with Crippen molar-refractivity contribution in [2.75, 3.05) is 7.11 Å². The monoisotopic (exact) mass is 304 g/mol. The molecule has 23 heavy (non-hydrogen) atoms. The summed E-state index contributed by atoms with van der Waals surface area (Å²) < 4.78 is 5.15. The maximum Gasteiger partial charge on any atom is 0.132 e. The highest BCUT2D eigenvalue weighted by atomic mass is 16.5. The van der Waals surface area contributed by atoms with Gasteiger partial charge < -0.3 is 4.74 Å². The van der Waals surface area contributed by atoms with Crippen molar-refractivity contribution in [3.8, 4) is 17.9 Å². The van der Waals surface area contributed by atoms with E-state index in [1.807, 2.05) is 48.6 Å². The minimum Gasteiger partial charge on any atom is -0.497 e. The lowest BCUT2D eigenvalue weighted by molar-refractivity contribution is 0.354. The van der Waals surface area contributed by atoms with Crippen molar-refractivity contribution in [1.29, 1.82) is 10.5 Å². The second-order valence-corrected chi connectivity index (χ2v) is 6.47. The quantitative estimate of drug-likeness (QED) is 0.754. The predicted molar refractivity (Wildman–Crippen MR) is 91.4 cm³/mol. The summed E-state index contributed by atoms with van der Waals surface area (Å²) in [5.41, 5.74) is 3.31. The van der Waals surface area contributed by atoms with E-state index in [-0.39, 0.29) is 11.0 Å². The van der Waals surface area contributed by atoms with Gasteiger partial charge in [-0.15, -0.1) is 0 Å². The minimum absolute atomic E-state index is 0.0443. The first-order valence-corrected chi connectivity index (χ1v) is 7.53. The summed E-state index contributed by atoms with van der Waals surface area (Å²) in [4.78, 5) is 0. The lowest BCUT2D eigenvalue weighted by atomic mass is 9.74. The van der Waals surface area contributed by atoms with E-state index in [1.165, 1.54) is 0 Å². The summed E-state index contributed by atoms with van der Waals surface area (Å²) >= 11 is 0. The Hall–Kier alpha value is -2.78. The average molecular weight is 304 g/mol. The lowest BCUT2D eigenvalue weighted by Gasteiger charge is -2.30. The molecule has 0 saturated carbocycles. The van der Waals surface area contributed by atoms with E-state index < -0.39 is 0 Å². The number of benzene rings is 1. The number of nitrogens with zero attached hydrogens (tertiary/aromatic N) is 2. The molecule has 1 aromatic carbocycles. The molecule has 1 aliphatic rings. The first-order chi connectivity index (χ1) is 11.0. The van der Waals surface area contributed by atoms with Crippen LogP contribution in [0.3, 0.4) is 0 Å². The maximum absolute atomic E-state index is 9.10. The van der Waals surface area contributed by atoms with Crippen LogP contribution in [0.5, 0.6) is 5.75 Å². The van der Waals surface area contributed by atoms with Gasteiger partial charge in [-0.2, -0.15) is 10.5 Å². The van der Waals surface area contributed by atoms with Gasteiger partial charge in [-0.05, 0) is 47.1 Å². The van der Waals surface area contributed by atoms with Gasteiger partial charge in [0.1, 0.15) is 23.5 Å². The van der Waals surface area contributed by atoms with E-state index in [0.717, 1.165) is 35.3 Å². The summed E-state index contributed by atoms with van der Waals surface area (Å²) in [6, 6.07) is 11.8. The maximum atomic E-state index is 9.10. The van der Waals surface area contributed by atoms with Crippen LogP contribution in [0.4, 0.5) is 0 Å². The summed E-state index contributed by atoms with van der Waals surface area (Å²) in [7, 11) is 1.65. The molecule has 0 bridgehead atoms. The molecule has 0 radical (unpaired) electrons. The smallest absolute Gasteiger partial charge is 0.132 e. The molecule has 2 rings (SSSR count). The number of hydrogen-bond acceptors (Lipinski definition) is 3. The fraction of sp³-hybridized carbons (Fsp3) is 0.300. The standard InChI is InChI=1S/C20H20N2O/c1-20(2)11-16(10-17(12-20)18(13-21)14-22)5-4-15-6-8-19(23-3)9-7-15/h4-10H,11-12H2,1-3H3/b5-4+. The molecule has 0 saturated heterocycles. The topological polar surface area (TPSA) is 56.8 Å². The van der Waals surface area contributed by atoms with Crippen LogP contribution in [0.25, 0.3) is 6.08 Å². The highest BCUT2D eigenvalue weighted by Gasteiger charge is 2.26. The molecule has 116 valence electrons. The molecular weight excluding hydrogens is 284 g/mol. The van der Waals surface area contributed by atoms with Crippen molar-refractivity contribution in [2.45, 2.75) is 26.7 Å². The fourth-order valence-electron chi connectivity index (χ4n) is 2.81. The van der Waals surface area contributed by atoms with Gasteiger partial charge in [-0.25, -0.2) is 0 Å². The molecule has 1 aliphatic carbocycles.